The molecule has 1 N–H and O–H groups in total. The number of benzene rings is 2. The molecule has 6 nitrogen and oxygen atoms in total. The number of hydrogen-bond acceptors (Lipinski definition) is 6. The molecule has 27 heavy (non-hydrogen) atoms. The number of nitrogens with zero attached hydrogens (tertiary/aromatic N) is 2. The number of amides is 1. The number of carbonyl (C=O) groups excluding carboxylic acids is 2. The highest BCUT2D eigenvalue weighted by Crippen LogP contribution is 2.31. The Morgan fingerprint density at radius 1 is 1.19 bits per heavy atom. The fourth-order valence-corrected chi connectivity index (χ4v) is 3.23. The molecule has 0 fully saturated rings. The molecule has 0 saturated carbocycles. The van der Waals surface area contributed by atoms with E-state index >= 15 is 0 Å². The number of para-hydroxylation sites is 2. The summed E-state index contributed by atoms with van der Waals surface area (Å²) in [7, 11) is 0. The smallest absolute Gasteiger partial charge is 0.342 e. The van der Waals surface area contributed by atoms with Gasteiger partial charge in [0, 0.05) is 12.3 Å². The van der Waals surface area contributed by atoms with Crippen LogP contribution in [-0.2, 0) is 16.1 Å². The number of thiazole rings is 1. The summed E-state index contributed by atoms with van der Waals surface area (Å²) in [6, 6.07) is 11.9. The Labute approximate surface area is 158 Å². The van der Waals surface area contributed by atoms with Gasteiger partial charge in [0.25, 0.3) is 0 Å². The van der Waals surface area contributed by atoms with E-state index in [0.717, 1.165) is 16.2 Å². The molecule has 0 unspecified atom stereocenters. The van der Waals surface area contributed by atoms with E-state index in [-0.39, 0.29) is 28.7 Å². The number of anilines is 2. The third-order valence-electron chi connectivity index (χ3n) is 3.61. The van der Waals surface area contributed by atoms with E-state index in [2.05, 4.69) is 4.98 Å². The number of esters is 1. The minimum Gasteiger partial charge on any atom is -0.507 e. The maximum Gasteiger partial charge on any atom is 0.342 e. The van der Waals surface area contributed by atoms with Crippen molar-refractivity contribution in [3.05, 3.63) is 71.0 Å². The van der Waals surface area contributed by atoms with Crippen LogP contribution in [0.2, 0.25) is 0 Å². The lowest BCUT2D eigenvalue weighted by molar-refractivity contribution is -0.115. The molecule has 0 aliphatic rings. The summed E-state index contributed by atoms with van der Waals surface area (Å²) in [4.78, 5) is 29.5. The molecule has 1 heterocycles. The fraction of sp³-hybridized carbons (Fsp3) is 0.105. The normalized spacial score (nSPS) is 10.4. The number of halogens is 1. The third kappa shape index (κ3) is 4.12. The first-order valence-corrected chi connectivity index (χ1v) is 8.80. The van der Waals surface area contributed by atoms with Gasteiger partial charge in [-0.25, -0.2) is 14.2 Å². The van der Waals surface area contributed by atoms with Crippen LogP contribution >= 0.6 is 11.3 Å². The van der Waals surface area contributed by atoms with Gasteiger partial charge in [0.05, 0.1) is 11.4 Å². The first-order chi connectivity index (χ1) is 13.0. The van der Waals surface area contributed by atoms with Gasteiger partial charge >= 0.3 is 5.97 Å². The van der Waals surface area contributed by atoms with Gasteiger partial charge in [0.1, 0.15) is 23.7 Å². The second kappa shape index (κ2) is 7.96. The molecule has 0 saturated heterocycles. The number of ether oxygens (including phenoxy) is 1. The summed E-state index contributed by atoms with van der Waals surface area (Å²) in [5.41, 5.74) is 0.545. The van der Waals surface area contributed by atoms with Gasteiger partial charge in [-0.1, -0.05) is 24.3 Å². The molecule has 0 spiro atoms. The van der Waals surface area contributed by atoms with E-state index in [1.54, 1.807) is 23.6 Å². The van der Waals surface area contributed by atoms with Crippen molar-refractivity contribution in [2.75, 3.05) is 4.90 Å². The lowest BCUT2D eigenvalue weighted by Crippen LogP contribution is -2.23. The molecule has 0 aliphatic heterocycles. The largest absolute Gasteiger partial charge is 0.507 e. The number of aromatic nitrogens is 1. The predicted molar refractivity (Wildman–Crippen MR) is 98.6 cm³/mol. The van der Waals surface area contributed by atoms with E-state index in [4.69, 9.17) is 4.74 Å². The van der Waals surface area contributed by atoms with Gasteiger partial charge in [-0.3, -0.25) is 9.69 Å². The van der Waals surface area contributed by atoms with Crippen LogP contribution in [0.5, 0.6) is 5.75 Å². The van der Waals surface area contributed by atoms with Crippen molar-refractivity contribution < 1.29 is 23.8 Å². The lowest BCUT2D eigenvalue weighted by Gasteiger charge is -2.18. The van der Waals surface area contributed by atoms with Gasteiger partial charge in [0.15, 0.2) is 5.13 Å². The van der Waals surface area contributed by atoms with Crippen molar-refractivity contribution in [1.82, 2.24) is 4.98 Å². The Balaban J connectivity index is 1.76. The average Bonchev–Trinajstić information content (AvgIpc) is 3.10. The minimum atomic E-state index is -0.694. The predicted octanol–water partition coefficient (Wildman–Crippen LogP) is 4.03. The summed E-state index contributed by atoms with van der Waals surface area (Å²) >= 11 is 1.13. The van der Waals surface area contributed by atoms with Gasteiger partial charge in [0.2, 0.25) is 5.91 Å². The zero-order valence-corrected chi connectivity index (χ0v) is 15.1. The van der Waals surface area contributed by atoms with Gasteiger partial charge < -0.3 is 9.84 Å². The number of phenols is 1. The van der Waals surface area contributed by atoms with E-state index in [1.165, 1.54) is 37.3 Å². The van der Waals surface area contributed by atoms with Crippen LogP contribution < -0.4 is 4.90 Å². The van der Waals surface area contributed by atoms with Crippen molar-refractivity contribution in [2.45, 2.75) is 13.5 Å². The maximum atomic E-state index is 14.1. The second-order valence-electron chi connectivity index (χ2n) is 5.52. The molecule has 0 atom stereocenters. The van der Waals surface area contributed by atoms with Crippen LogP contribution in [0.25, 0.3) is 0 Å². The molecular formula is C19H15FN2O4S. The third-order valence-corrected chi connectivity index (χ3v) is 4.49. The molecule has 8 heteroatoms. The number of rotatable bonds is 5. The minimum absolute atomic E-state index is 0.0460. The standard InChI is InChI=1S/C19H15FN2O4S/c1-12(23)22(16-8-4-3-7-15(16)20)19-21-13(11-27-19)10-26-18(25)14-6-2-5-9-17(14)24/h2-9,11,24H,10H2,1H3. The van der Waals surface area contributed by atoms with E-state index in [1.807, 2.05) is 0 Å². The lowest BCUT2D eigenvalue weighted by atomic mass is 10.2. The molecule has 1 aromatic heterocycles. The summed E-state index contributed by atoms with van der Waals surface area (Å²) in [5, 5.41) is 11.6. The number of phenolic OH excluding ortho intramolecular Hbond substituents is 1. The molecule has 138 valence electrons. The highest BCUT2D eigenvalue weighted by atomic mass is 32.1. The summed E-state index contributed by atoms with van der Waals surface area (Å²) in [6.45, 7) is 1.17. The molecule has 3 aromatic rings. The van der Waals surface area contributed by atoms with Crippen molar-refractivity contribution in [3.63, 3.8) is 0 Å². The molecule has 0 aliphatic carbocycles. The number of hydrogen-bond donors (Lipinski definition) is 1. The molecule has 0 bridgehead atoms. The van der Waals surface area contributed by atoms with Gasteiger partial charge in [-0.15, -0.1) is 11.3 Å². The monoisotopic (exact) mass is 386 g/mol. The van der Waals surface area contributed by atoms with Crippen molar-refractivity contribution in [1.29, 1.82) is 0 Å². The maximum absolute atomic E-state index is 14.1. The van der Waals surface area contributed by atoms with Gasteiger partial charge in [-0.2, -0.15) is 0 Å². The Bertz CT molecular complexity index is 989. The number of aromatic hydroxyl groups is 1. The van der Waals surface area contributed by atoms with Gasteiger partial charge in [-0.05, 0) is 24.3 Å². The molecular weight excluding hydrogens is 371 g/mol. The van der Waals surface area contributed by atoms with Crippen LogP contribution in [-0.4, -0.2) is 22.0 Å². The van der Waals surface area contributed by atoms with Crippen LogP contribution in [0.1, 0.15) is 23.0 Å². The zero-order chi connectivity index (χ0) is 19.4. The Hall–Kier alpha value is -3.26. The van der Waals surface area contributed by atoms with Crippen molar-refractivity contribution >= 4 is 34.0 Å². The van der Waals surface area contributed by atoms with E-state index in [9.17, 15) is 19.1 Å². The molecule has 3 rings (SSSR count). The first-order valence-electron chi connectivity index (χ1n) is 7.92. The SMILES string of the molecule is CC(=O)N(c1nc(COC(=O)c2ccccc2O)cs1)c1ccccc1F. The first kappa shape index (κ1) is 18.5. The van der Waals surface area contributed by atoms with E-state index in [0.29, 0.717) is 5.69 Å². The summed E-state index contributed by atoms with van der Waals surface area (Å²) < 4.78 is 19.2. The Morgan fingerprint density at radius 3 is 2.59 bits per heavy atom. The topological polar surface area (TPSA) is 79.7 Å². The van der Waals surface area contributed by atoms with Crippen LogP contribution in [0.3, 0.4) is 0 Å². The molecule has 0 radical (unpaired) electrons. The van der Waals surface area contributed by atoms with Crippen LogP contribution in [0, 0.1) is 5.82 Å². The van der Waals surface area contributed by atoms with Crippen LogP contribution in [0.15, 0.2) is 53.9 Å². The van der Waals surface area contributed by atoms with E-state index < -0.39 is 17.7 Å². The van der Waals surface area contributed by atoms with Crippen molar-refractivity contribution in [3.8, 4) is 5.75 Å². The quantitative estimate of drug-likeness (QED) is 0.670. The van der Waals surface area contributed by atoms with Crippen LogP contribution in [0.4, 0.5) is 15.2 Å². The Kier molecular flexibility index (Phi) is 5.46. The summed E-state index contributed by atoms with van der Waals surface area (Å²) in [6.07, 6.45) is 0. The second-order valence-corrected chi connectivity index (χ2v) is 6.36. The number of carbonyl (C=O) groups is 2. The molecule has 2 aromatic carbocycles. The molecule has 1 amide bonds. The zero-order valence-electron chi connectivity index (χ0n) is 14.3. The summed E-state index contributed by atoms with van der Waals surface area (Å²) in [5.74, 6) is -1.81. The Morgan fingerprint density at radius 2 is 1.89 bits per heavy atom. The fourth-order valence-electron chi connectivity index (χ4n) is 2.37. The highest BCUT2D eigenvalue weighted by molar-refractivity contribution is 7.14. The highest BCUT2D eigenvalue weighted by Gasteiger charge is 2.21. The average molecular weight is 386 g/mol. The van der Waals surface area contributed by atoms with Crippen molar-refractivity contribution in [2.24, 2.45) is 0 Å².